The van der Waals surface area contributed by atoms with Gasteiger partial charge in [-0.3, -0.25) is 4.79 Å². The van der Waals surface area contributed by atoms with E-state index in [0.717, 1.165) is 6.07 Å². The maximum atomic E-state index is 12.9. The van der Waals surface area contributed by atoms with Gasteiger partial charge >= 0.3 is 11.6 Å². The lowest BCUT2D eigenvalue weighted by Crippen LogP contribution is -2.20. The minimum absolute atomic E-state index is 0.0281. The van der Waals surface area contributed by atoms with Crippen LogP contribution >= 0.6 is 11.6 Å². The van der Waals surface area contributed by atoms with Crippen molar-refractivity contribution in [2.45, 2.75) is 11.6 Å². The number of H-pyrrole nitrogens is 1. The van der Waals surface area contributed by atoms with Gasteiger partial charge in [0.05, 0.1) is 12.1 Å². The number of aromatic nitrogens is 1. The molecule has 2 aromatic rings. The van der Waals surface area contributed by atoms with Gasteiger partial charge in [0.25, 0.3) is 0 Å². The van der Waals surface area contributed by atoms with Crippen molar-refractivity contribution in [2.24, 2.45) is 0 Å². The van der Waals surface area contributed by atoms with Gasteiger partial charge in [0.1, 0.15) is 0 Å². The average Bonchev–Trinajstić information content (AvgIpc) is 2.33. The van der Waals surface area contributed by atoms with Crippen molar-refractivity contribution in [3.05, 3.63) is 40.2 Å². The predicted octanol–water partition coefficient (Wildman–Crippen LogP) is 3.79. The highest BCUT2D eigenvalue weighted by atomic mass is 35.5. The summed E-state index contributed by atoms with van der Waals surface area (Å²) in [5.74, 6) is 0. The largest absolute Gasteiger partial charge is 0.417 e. The highest BCUT2D eigenvalue weighted by Gasteiger charge is 2.33. The zero-order valence-electron chi connectivity index (χ0n) is 10.2. The number of alkyl halides is 6. The van der Waals surface area contributed by atoms with Crippen molar-refractivity contribution in [1.29, 1.82) is 0 Å². The number of rotatable bonds is 3. The molecule has 1 aromatic carbocycles. The van der Waals surface area contributed by atoms with E-state index in [1.165, 1.54) is 12.1 Å². The van der Waals surface area contributed by atoms with E-state index in [1.807, 2.05) is 0 Å². The predicted molar refractivity (Wildman–Crippen MR) is 68.9 cm³/mol. The number of nitrogens with one attached hydrogen (secondary N) is 2. The van der Waals surface area contributed by atoms with E-state index in [0.29, 0.717) is 6.07 Å². The Balaban J connectivity index is 2.51. The second-order valence-corrected chi connectivity index (χ2v) is 4.83. The van der Waals surface area contributed by atoms with Crippen LogP contribution in [0.4, 0.5) is 27.6 Å². The molecule has 0 unspecified atom stereocenters. The summed E-state index contributed by atoms with van der Waals surface area (Å²) in [5, 5.41) is -1.59. The third kappa shape index (κ3) is 3.84. The van der Waals surface area contributed by atoms with Gasteiger partial charge in [-0.2, -0.15) is 22.0 Å². The molecule has 0 aliphatic heterocycles. The van der Waals surface area contributed by atoms with E-state index in [2.05, 4.69) is 10.3 Å². The van der Waals surface area contributed by atoms with Crippen LogP contribution in [0.2, 0.25) is 0 Å². The molecule has 0 aliphatic rings. The standard InChI is InChI=1S/C12H8ClF5N2O/c13-11(14,15)5-19-6-1-2-9-7(3-6)8(12(16,17)18)4-10(21)20-9/h1-4,19H,5H2,(H,20,21). The highest BCUT2D eigenvalue weighted by molar-refractivity contribution is 6.22. The van der Waals surface area contributed by atoms with E-state index in [-0.39, 0.29) is 16.6 Å². The lowest BCUT2D eigenvalue weighted by molar-refractivity contribution is -0.136. The number of hydrogen-bond donors (Lipinski definition) is 2. The lowest BCUT2D eigenvalue weighted by Gasteiger charge is -2.13. The molecule has 3 nitrogen and oxygen atoms in total. The molecule has 0 spiro atoms. The first-order valence-electron chi connectivity index (χ1n) is 5.61. The van der Waals surface area contributed by atoms with Gasteiger partial charge in [0.2, 0.25) is 5.56 Å². The van der Waals surface area contributed by atoms with E-state index < -0.39 is 29.2 Å². The lowest BCUT2D eigenvalue weighted by atomic mass is 10.1. The minimum Gasteiger partial charge on any atom is -0.378 e. The number of halogens is 6. The van der Waals surface area contributed by atoms with Crippen LogP contribution in [-0.4, -0.2) is 16.9 Å². The van der Waals surface area contributed by atoms with Crippen LogP contribution in [0.1, 0.15) is 5.56 Å². The first kappa shape index (κ1) is 15.6. The quantitative estimate of drug-likeness (QED) is 0.666. The van der Waals surface area contributed by atoms with Crippen LogP contribution in [0.15, 0.2) is 29.1 Å². The van der Waals surface area contributed by atoms with Crippen molar-refractivity contribution in [1.82, 2.24) is 4.98 Å². The van der Waals surface area contributed by atoms with E-state index in [4.69, 9.17) is 11.6 Å². The van der Waals surface area contributed by atoms with Crippen LogP contribution in [0.5, 0.6) is 0 Å². The number of fused-ring (bicyclic) bond motifs is 1. The molecule has 0 atom stereocenters. The Morgan fingerprint density at radius 1 is 1.14 bits per heavy atom. The zero-order valence-corrected chi connectivity index (χ0v) is 10.9. The maximum Gasteiger partial charge on any atom is 0.417 e. The molecule has 21 heavy (non-hydrogen) atoms. The summed E-state index contributed by atoms with van der Waals surface area (Å²) in [6.07, 6.45) is -4.73. The van der Waals surface area contributed by atoms with E-state index in [1.54, 1.807) is 0 Å². The highest BCUT2D eigenvalue weighted by Crippen LogP contribution is 2.34. The Labute approximate surface area is 119 Å². The summed E-state index contributed by atoms with van der Waals surface area (Å²) in [5.41, 5.74) is -2.05. The number of anilines is 1. The Hall–Kier alpha value is -1.83. The van der Waals surface area contributed by atoms with E-state index in [9.17, 15) is 26.7 Å². The van der Waals surface area contributed by atoms with Crippen molar-refractivity contribution >= 4 is 28.2 Å². The van der Waals surface area contributed by atoms with Gasteiger partial charge in [-0.1, -0.05) is 0 Å². The third-order valence-corrected chi connectivity index (χ3v) is 2.78. The van der Waals surface area contributed by atoms with Gasteiger partial charge in [-0.25, -0.2) is 0 Å². The van der Waals surface area contributed by atoms with E-state index >= 15 is 0 Å². The molecular weight excluding hydrogens is 319 g/mol. The fraction of sp³-hybridized carbons (Fsp3) is 0.250. The van der Waals surface area contributed by atoms with Gasteiger partial charge in [-0.15, -0.1) is 0 Å². The fourth-order valence-electron chi connectivity index (χ4n) is 1.80. The number of hydrogen-bond acceptors (Lipinski definition) is 2. The SMILES string of the molecule is O=c1cc(C(F)(F)F)c2cc(NCC(F)(F)Cl)ccc2[nH]1. The summed E-state index contributed by atoms with van der Waals surface area (Å²) >= 11 is 4.70. The normalized spacial score (nSPS) is 12.7. The molecule has 1 aromatic heterocycles. The molecule has 0 saturated heterocycles. The van der Waals surface area contributed by atoms with Crippen LogP contribution in [0, 0.1) is 0 Å². The molecule has 0 amide bonds. The monoisotopic (exact) mass is 326 g/mol. The zero-order chi connectivity index (χ0) is 15.8. The van der Waals surface area contributed by atoms with Gasteiger partial charge < -0.3 is 10.3 Å². The van der Waals surface area contributed by atoms with Crippen molar-refractivity contribution in [2.75, 3.05) is 11.9 Å². The number of aromatic amines is 1. The molecular formula is C12H8ClF5N2O. The van der Waals surface area contributed by atoms with Gasteiger partial charge in [0.15, 0.2) is 0 Å². The number of pyridine rings is 1. The summed E-state index contributed by atoms with van der Waals surface area (Å²) in [6, 6.07) is 3.90. The Bertz CT molecular complexity index is 720. The summed E-state index contributed by atoms with van der Waals surface area (Å²) in [7, 11) is 0. The van der Waals surface area contributed by atoms with Crippen molar-refractivity contribution in [3.8, 4) is 0 Å². The molecule has 2 rings (SSSR count). The van der Waals surface area contributed by atoms with Crippen LogP contribution < -0.4 is 10.9 Å². The molecule has 9 heteroatoms. The summed E-state index contributed by atoms with van der Waals surface area (Å²) < 4.78 is 63.7. The minimum atomic E-state index is -4.73. The average molecular weight is 327 g/mol. The molecule has 0 aliphatic carbocycles. The second kappa shape index (κ2) is 5.18. The van der Waals surface area contributed by atoms with Crippen LogP contribution in [0.25, 0.3) is 10.9 Å². The number of benzene rings is 1. The molecule has 0 saturated carbocycles. The first-order valence-corrected chi connectivity index (χ1v) is 5.99. The summed E-state index contributed by atoms with van der Waals surface area (Å²) in [4.78, 5) is 13.4. The van der Waals surface area contributed by atoms with Crippen molar-refractivity contribution < 1.29 is 22.0 Å². The summed E-state index contributed by atoms with van der Waals surface area (Å²) in [6.45, 7) is -0.940. The Morgan fingerprint density at radius 2 is 1.81 bits per heavy atom. The molecule has 0 bridgehead atoms. The smallest absolute Gasteiger partial charge is 0.378 e. The molecule has 0 radical (unpaired) electrons. The second-order valence-electron chi connectivity index (χ2n) is 4.27. The van der Waals surface area contributed by atoms with Crippen LogP contribution in [-0.2, 0) is 6.18 Å². The molecule has 2 N–H and O–H groups in total. The maximum absolute atomic E-state index is 12.9. The Kier molecular flexibility index (Phi) is 3.83. The van der Waals surface area contributed by atoms with Crippen molar-refractivity contribution in [3.63, 3.8) is 0 Å². The van der Waals surface area contributed by atoms with Gasteiger partial charge in [0, 0.05) is 22.7 Å². The molecule has 0 fully saturated rings. The fourth-order valence-corrected chi connectivity index (χ4v) is 1.87. The third-order valence-electron chi connectivity index (χ3n) is 2.64. The molecule has 1 heterocycles. The van der Waals surface area contributed by atoms with Crippen LogP contribution in [0.3, 0.4) is 0 Å². The first-order chi connectivity index (χ1) is 9.56. The van der Waals surface area contributed by atoms with Gasteiger partial charge in [-0.05, 0) is 29.8 Å². The molecule has 114 valence electrons. The topological polar surface area (TPSA) is 44.9 Å². The Morgan fingerprint density at radius 3 is 2.38 bits per heavy atom.